The van der Waals surface area contributed by atoms with Crippen LogP contribution in [0.5, 0.6) is 5.88 Å². The molecule has 16 heavy (non-hydrogen) atoms. The largest absolute Gasteiger partial charge is 0.481 e. The van der Waals surface area contributed by atoms with Crippen LogP contribution in [-0.2, 0) is 0 Å². The second kappa shape index (κ2) is 4.60. The first-order valence-corrected chi connectivity index (χ1v) is 5.83. The van der Waals surface area contributed by atoms with E-state index in [-0.39, 0.29) is 0 Å². The first-order chi connectivity index (χ1) is 7.76. The molecule has 1 aliphatic heterocycles. The maximum atomic E-state index is 5.98. The number of ether oxygens (including phenoxy) is 1. The number of methoxy groups -OCH3 is 1. The Bertz CT molecular complexity index is 367. The zero-order chi connectivity index (χ0) is 11.5. The van der Waals surface area contributed by atoms with Crippen LogP contribution in [0.2, 0.25) is 0 Å². The molecule has 0 saturated carbocycles. The van der Waals surface area contributed by atoms with Gasteiger partial charge in [-0.05, 0) is 25.3 Å². The Morgan fingerprint density at radius 1 is 1.56 bits per heavy atom. The van der Waals surface area contributed by atoms with Crippen LogP contribution in [0.1, 0.15) is 26.2 Å². The summed E-state index contributed by atoms with van der Waals surface area (Å²) in [6.07, 6.45) is 3.59. The van der Waals surface area contributed by atoms with Crippen molar-refractivity contribution in [3.8, 4) is 5.88 Å². The lowest BCUT2D eigenvalue weighted by atomic mass is 10.2. The molecule has 4 nitrogen and oxygen atoms in total. The SMILES string of the molecule is CCC1CCCN1c1nc(OC)ccc1N. The molecule has 1 aliphatic rings. The standard InChI is InChI=1S/C12H19N3O/c1-3-9-5-4-8-15(9)12-10(13)6-7-11(14-12)16-2/h6-7,9H,3-5,8,13H2,1-2H3. The van der Waals surface area contributed by atoms with Crippen molar-refractivity contribution in [3.63, 3.8) is 0 Å². The summed E-state index contributed by atoms with van der Waals surface area (Å²) in [5, 5.41) is 0. The lowest BCUT2D eigenvalue weighted by Crippen LogP contribution is -2.30. The van der Waals surface area contributed by atoms with Crippen LogP contribution in [0.4, 0.5) is 11.5 Å². The molecule has 0 aliphatic carbocycles. The molecule has 1 aromatic heterocycles. The molecule has 0 spiro atoms. The van der Waals surface area contributed by atoms with Gasteiger partial charge in [-0.25, -0.2) is 0 Å². The van der Waals surface area contributed by atoms with E-state index in [0.717, 1.165) is 24.5 Å². The topological polar surface area (TPSA) is 51.4 Å². The van der Waals surface area contributed by atoms with Crippen molar-refractivity contribution in [3.05, 3.63) is 12.1 Å². The maximum Gasteiger partial charge on any atom is 0.215 e. The average molecular weight is 221 g/mol. The van der Waals surface area contributed by atoms with Gasteiger partial charge in [0.2, 0.25) is 5.88 Å². The number of rotatable bonds is 3. The van der Waals surface area contributed by atoms with Gasteiger partial charge in [-0.1, -0.05) is 6.92 Å². The fraction of sp³-hybridized carbons (Fsp3) is 0.583. The predicted molar refractivity (Wildman–Crippen MR) is 65.9 cm³/mol. The van der Waals surface area contributed by atoms with Gasteiger partial charge in [-0.15, -0.1) is 0 Å². The zero-order valence-corrected chi connectivity index (χ0v) is 9.94. The predicted octanol–water partition coefficient (Wildman–Crippen LogP) is 2.05. The minimum absolute atomic E-state index is 0.571. The van der Waals surface area contributed by atoms with Crippen LogP contribution >= 0.6 is 0 Å². The van der Waals surface area contributed by atoms with Crippen LogP contribution in [0.3, 0.4) is 0 Å². The fourth-order valence-electron chi connectivity index (χ4n) is 2.32. The second-order valence-electron chi connectivity index (χ2n) is 4.16. The number of pyridine rings is 1. The lowest BCUT2D eigenvalue weighted by Gasteiger charge is -2.26. The molecule has 1 fully saturated rings. The summed E-state index contributed by atoms with van der Waals surface area (Å²) >= 11 is 0. The van der Waals surface area contributed by atoms with Gasteiger partial charge in [-0.2, -0.15) is 4.98 Å². The highest BCUT2D eigenvalue weighted by Crippen LogP contribution is 2.31. The second-order valence-corrected chi connectivity index (χ2v) is 4.16. The third-order valence-electron chi connectivity index (χ3n) is 3.21. The van der Waals surface area contributed by atoms with E-state index in [1.54, 1.807) is 13.2 Å². The van der Waals surface area contributed by atoms with E-state index < -0.39 is 0 Å². The van der Waals surface area contributed by atoms with Crippen molar-refractivity contribution in [1.82, 2.24) is 4.98 Å². The Hall–Kier alpha value is -1.45. The highest BCUT2D eigenvalue weighted by molar-refractivity contribution is 5.64. The molecule has 0 bridgehead atoms. The summed E-state index contributed by atoms with van der Waals surface area (Å²) in [7, 11) is 1.63. The number of nitrogens with zero attached hydrogens (tertiary/aromatic N) is 2. The molecule has 1 aromatic rings. The van der Waals surface area contributed by atoms with E-state index in [1.165, 1.54) is 12.8 Å². The monoisotopic (exact) mass is 221 g/mol. The molecule has 0 radical (unpaired) electrons. The molecule has 2 heterocycles. The van der Waals surface area contributed by atoms with E-state index in [0.29, 0.717) is 11.9 Å². The minimum Gasteiger partial charge on any atom is -0.481 e. The van der Waals surface area contributed by atoms with Crippen molar-refractivity contribution >= 4 is 11.5 Å². The number of nitrogens with two attached hydrogens (primary N) is 1. The van der Waals surface area contributed by atoms with Gasteiger partial charge in [0.25, 0.3) is 0 Å². The van der Waals surface area contributed by atoms with Crippen molar-refractivity contribution < 1.29 is 4.74 Å². The van der Waals surface area contributed by atoms with E-state index in [4.69, 9.17) is 10.5 Å². The van der Waals surface area contributed by atoms with E-state index in [1.807, 2.05) is 6.07 Å². The van der Waals surface area contributed by atoms with Crippen LogP contribution in [-0.4, -0.2) is 24.7 Å². The quantitative estimate of drug-likeness (QED) is 0.848. The Morgan fingerprint density at radius 2 is 2.38 bits per heavy atom. The van der Waals surface area contributed by atoms with Gasteiger partial charge in [-0.3, -0.25) is 0 Å². The maximum absolute atomic E-state index is 5.98. The van der Waals surface area contributed by atoms with Gasteiger partial charge in [0.1, 0.15) is 0 Å². The molecule has 88 valence electrons. The fourth-order valence-corrected chi connectivity index (χ4v) is 2.32. The Kier molecular flexibility index (Phi) is 3.17. The van der Waals surface area contributed by atoms with Crippen LogP contribution in [0.15, 0.2) is 12.1 Å². The minimum atomic E-state index is 0.571. The highest BCUT2D eigenvalue weighted by Gasteiger charge is 2.25. The number of hydrogen-bond donors (Lipinski definition) is 1. The number of hydrogen-bond acceptors (Lipinski definition) is 4. The van der Waals surface area contributed by atoms with E-state index in [2.05, 4.69) is 16.8 Å². The summed E-state index contributed by atoms with van der Waals surface area (Å²) < 4.78 is 5.14. The van der Waals surface area contributed by atoms with Gasteiger partial charge in [0.15, 0.2) is 5.82 Å². The normalized spacial score (nSPS) is 20.1. The van der Waals surface area contributed by atoms with Crippen LogP contribution in [0.25, 0.3) is 0 Å². The summed E-state index contributed by atoms with van der Waals surface area (Å²) in [5.41, 5.74) is 6.72. The first-order valence-electron chi connectivity index (χ1n) is 5.83. The Balaban J connectivity index is 2.31. The van der Waals surface area contributed by atoms with Crippen molar-refractivity contribution in [2.24, 2.45) is 0 Å². The van der Waals surface area contributed by atoms with Gasteiger partial charge in [0, 0.05) is 18.7 Å². The number of anilines is 2. The zero-order valence-electron chi connectivity index (χ0n) is 9.94. The van der Waals surface area contributed by atoms with Crippen molar-refractivity contribution in [1.29, 1.82) is 0 Å². The molecule has 0 aromatic carbocycles. The molecule has 2 N–H and O–H groups in total. The molecule has 2 rings (SSSR count). The van der Waals surface area contributed by atoms with Gasteiger partial charge < -0.3 is 15.4 Å². The summed E-state index contributed by atoms with van der Waals surface area (Å²) in [6.45, 7) is 3.25. The van der Waals surface area contributed by atoms with Gasteiger partial charge in [0.05, 0.1) is 12.8 Å². The molecule has 1 atom stereocenters. The molecule has 1 saturated heterocycles. The average Bonchev–Trinajstić information content (AvgIpc) is 2.77. The molecule has 4 heteroatoms. The smallest absolute Gasteiger partial charge is 0.215 e. The Morgan fingerprint density at radius 3 is 3.06 bits per heavy atom. The molecular formula is C12H19N3O. The third-order valence-corrected chi connectivity index (χ3v) is 3.21. The summed E-state index contributed by atoms with van der Waals surface area (Å²) in [4.78, 5) is 6.75. The van der Waals surface area contributed by atoms with Crippen molar-refractivity contribution in [2.75, 3.05) is 24.3 Å². The van der Waals surface area contributed by atoms with E-state index in [9.17, 15) is 0 Å². The summed E-state index contributed by atoms with van der Waals surface area (Å²) in [5.74, 6) is 1.51. The molecule has 0 amide bonds. The van der Waals surface area contributed by atoms with Crippen molar-refractivity contribution in [2.45, 2.75) is 32.2 Å². The van der Waals surface area contributed by atoms with Crippen LogP contribution < -0.4 is 15.4 Å². The molecular weight excluding hydrogens is 202 g/mol. The number of aromatic nitrogens is 1. The first kappa shape index (κ1) is 11.0. The summed E-state index contributed by atoms with van der Waals surface area (Å²) in [6, 6.07) is 4.24. The van der Waals surface area contributed by atoms with Gasteiger partial charge >= 0.3 is 0 Å². The molecule has 1 unspecified atom stereocenters. The van der Waals surface area contributed by atoms with E-state index >= 15 is 0 Å². The highest BCUT2D eigenvalue weighted by atomic mass is 16.5. The third kappa shape index (κ3) is 1.92. The Labute approximate surface area is 96.4 Å². The lowest BCUT2D eigenvalue weighted by molar-refractivity contribution is 0.398. The van der Waals surface area contributed by atoms with Crippen LogP contribution in [0, 0.1) is 0 Å². The number of nitrogen functional groups attached to an aromatic ring is 1.